The number of benzene rings is 2. The fraction of sp³-hybridized carbons (Fsp3) is 0.227. The molecule has 0 spiro atoms. The number of carbonyl (C=O) groups is 1. The summed E-state index contributed by atoms with van der Waals surface area (Å²) in [6, 6.07) is 16.0. The lowest BCUT2D eigenvalue weighted by molar-refractivity contribution is -0.139. The molecule has 0 aliphatic heterocycles. The lowest BCUT2D eigenvalue weighted by atomic mass is 9.67. The van der Waals surface area contributed by atoms with Gasteiger partial charge in [-0.25, -0.2) is 0 Å². The maximum absolute atomic E-state index is 11.1. The largest absolute Gasteiger partial charge is 0.481 e. The fourth-order valence-corrected chi connectivity index (χ4v) is 4.19. The normalized spacial score (nSPS) is 18.9. The molecule has 5 nitrogen and oxygen atoms in total. The Kier molecular flexibility index (Phi) is 5.39. The second-order valence-electron chi connectivity index (χ2n) is 7.07. The fourth-order valence-electron chi connectivity index (χ4n) is 3.81. The number of rotatable bonds is 6. The van der Waals surface area contributed by atoms with Crippen molar-refractivity contribution in [2.45, 2.75) is 25.2 Å². The quantitative estimate of drug-likeness (QED) is 0.399. The van der Waals surface area contributed by atoms with Gasteiger partial charge in [-0.1, -0.05) is 40.2 Å². The second-order valence-corrected chi connectivity index (χ2v) is 7.98. The van der Waals surface area contributed by atoms with Crippen LogP contribution in [-0.4, -0.2) is 22.3 Å². The van der Waals surface area contributed by atoms with E-state index in [1.807, 2.05) is 42.5 Å². The molecule has 1 aromatic heterocycles. The van der Waals surface area contributed by atoms with Crippen LogP contribution < -0.4 is 5.43 Å². The van der Waals surface area contributed by atoms with E-state index in [2.05, 4.69) is 37.5 Å². The summed E-state index contributed by atoms with van der Waals surface area (Å²) in [5, 5.41) is 14.6. The van der Waals surface area contributed by atoms with Gasteiger partial charge in [-0.3, -0.25) is 15.2 Å². The number of aromatic nitrogens is 1. The van der Waals surface area contributed by atoms with Crippen LogP contribution in [-0.2, 0) is 4.79 Å². The number of hydrazone groups is 1. The monoisotopic (exact) mass is 437 g/mol. The van der Waals surface area contributed by atoms with E-state index in [1.54, 1.807) is 12.4 Å². The van der Waals surface area contributed by atoms with Gasteiger partial charge < -0.3 is 5.11 Å². The van der Waals surface area contributed by atoms with Crippen LogP contribution in [0.5, 0.6) is 0 Å². The van der Waals surface area contributed by atoms with Crippen LogP contribution in [0.4, 0.5) is 5.69 Å². The molecule has 1 saturated carbocycles. The Morgan fingerprint density at radius 3 is 2.89 bits per heavy atom. The van der Waals surface area contributed by atoms with E-state index >= 15 is 0 Å². The summed E-state index contributed by atoms with van der Waals surface area (Å²) >= 11 is 3.52. The minimum Gasteiger partial charge on any atom is -0.481 e. The van der Waals surface area contributed by atoms with Crippen LogP contribution in [0.15, 0.2) is 64.3 Å². The predicted molar refractivity (Wildman–Crippen MR) is 115 cm³/mol. The molecule has 2 atom stereocenters. The molecule has 2 unspecified atom stereocenters. The van der Waals surface area contributed by atoms with Gasteiger partial charge in [-0.15, -0.1) is 0 Å². The molecule has 1 heterocycles. The molecule has 3 aromatic rings. The first-order valence-electron chi connectivity index (χ1n) is 9.26. The smallest absolute Gasteiger partial charge is 0.303 e. The first-order chi connectivity index (χ1) is 13.6. The van der Waals surface area contributed by atoms with Gasteiger partial charge in [0.15, 0.2) is 0 Å². The molecule has 0 amide bonds. The molecular formula is C22H20BrN3O2. The number of carboxylic acids is 1. The standard InChI is InChI=1S/C22H20BrN3O2/c23-17-7-9-19(18-8-6-15(18)12-21(27)28)16(11-17)13-25-26-20-5-1-3-14-4-2-10-24-22(14)20/h1-5,7,9-11,13,15,18,26H,6,8,12H2,(H,27,28)/b25-13+. The molecule has 1 aliphatic rings. The number of hydrogen-bond acceptors (Lipinski definition) is 4. The van der Waals surface area contributed by atoms with Crippen LogP contribution in [0.1, 0.15) is 36.3 Å². The molecule has 1 fully saturated rings. The van der Waals surface area contributed by atoms with Crippen molar-refractivity contribution in [2.24, 2.45) is 11.0 Å². The number of carboxylic acid groups (broad SMARTS) is 1. The van der Waals surface area contributed by atoms with E-state index in [0.29, 0.717) is 0 Å². The van der Waals surface area contributed by atoms with Crippen LogP contribution in [0, 0.1) is 5.92 Å². The van der Waals surface area contributed by atoms with E-state index in [1.165, 1.54) is 0 Å². The first-order valence-corrected chi connectivity index (χ1v) is 10.0. The summed E-state index contributed by atoms with van der Waals surface area (Å²) in [5.74, 6) is -0.266. The Bertz CT molecular complexity index is 1050. The van der Waals surface area contributed by atoms with Crippen LogP contribution in [0.2, 0.25) is 0 Å². The third kappa shape index (κ3) is 3.92. The highest BCUT2D eigenvalue weighted by atomic mass is 79.9. The Hall–Kier alpha value is -2.73. The van der Waals surface area contributed by atoms with Crippen LogP contribution in [0.3, 0.4) is 0 Å². The molecule has 0 saturated heterocycles. The zero-order valence-electron chi connectivity index (χ0n) is 15.2. The van der Waals surface area contributed by atoms with Crippen molar-refractivity contribution in [3.05, 3.63) is 70.3 Å². The number of pyridine rings is 1. The molecule has 0 bridgehead atoms. The van der Waals surface area contributed by atoms with Gasteiger partial charge in [-0.05, 0) is 60.1 Å². The summed E-state index contributed by atoms with van der Waals surface area (Å²) in [6.45, 7) is 0. The molecule has 2 aromatic carbocycles. The number of para-hydroxylation sites is 1. The maximum Gasteiger partial charge on any atom is 0.303 e. The Balaban J connectivity index is 1.57. The van der Waals surface area contributed by atoms with Gasteiger partial charge in [-0.2, -0.15) is 5.10 Å². The number of anilines is 1. The summed E-state index contributed by atoms with van der Waals surface area (Å²) in [7, 11) is 0. The van der Waals surface area contributed by atoms with Crippen molar-refractivity contribution in [3.63, 3.8) is 0 Å². The number of aliphatic carboxylic acids is 1. The first kappa shape index (κ1) is 18.6. The Morgan fingerprint density at radius 1 is 1.25 bits per heavy atom. The number of fused-ring (bicyclic) bond motifs is 1. The number of halogens is 1. The molecule has 28 heavy (non-hydrogen) atoms. The van der Waals surface area contributed by atoms with Crippen molar-refractivity contribution in [2.75, 3.05) is 5.43 Å². The van der Waals surface area contributed by atoms with Gasteiger partial charge in [0.2, 0.25) is 0 Å². The van der Waals surface area contributed by atoms with Crippen LogP contribution in [0.25, 0.3) is 10.9 Å². The van der Waals surface area contributed by atoms with Crippen molar-refractivity contribution >= 4 is 44.7 Å². The molecule has 142 valence electrons. The minimum atomic E-state index is -0.729. The van der Waals surface area contributed by atoms with Gasteiger partial charge >= 0.3 is 5.97 Å². The van der Waals surface area contributed by atoms with Gasteiger partial charge in [0.05, 0.1) is 17.4 Å². The van der Waals surface area contributed by atoms with Crippen molar-refractivity contribution in [1.82, 2.24) is 4.98 Å². The molecule has 1 aliphatic carbocycles. The number of hydrogen-bond donors (Lipinski definition) is 2. The molecule has 2 N–H and O–H groups in total. The molecule has 6 heteroatoms. The zero-order chi connectivity index (χ0) is 19.5. The van der Waals surface area contributed by atoms with Gasteiger partial charge in [0.25, 0.3) is 0 Å². The SMILES string of the molecule is O=C(O)CC1CCC1c1ccc(Br)cc1/C=N/Nc1cccc2cccnc12. The minimum absolute atomic E-state index is 0.195. The highest BCUT2D eigenvalue weighted by Crippen LogP contribution is 2.45. The number of nitrogens with zero attached hydrogens (tertiary/aromatic N) is 2. The van der Waals surface area contributed by atoms with Crippen molar-refractivity contribution in [3.8, 4) is 0 Å². The highest BCUT2D eigenvalue weighted by molar-refractivity contribution is 9.10. The van der Waals surface area contributed by atoms with E-state index < -0.39 is 5.97 Å². The second kappa shape index (κ2) is 8.10. The number of nitrogens with one attached hydrogen (secondary N) is 1. The topological polar surface area (TPSA) is 74.6 Å². The summed E-state index contributed by atoms with van der Waals surface area (Å²) in [5.41, 5.74) is 6.97. The summed E-state index contributed by atoms with van der Waals surface area (Å²) in [6.07, 6.45) is 5.77. The molecular weight excluding hydrogens is 418 g/mol. The Labute approximate surface area is 171 Å². The molecule has 0 radical (unpaired) electrons. The van der Waals surface area contributed by atoms with E-state index in [0.717, 1.165) is 45.0 Å². The van der Waals surface area contributed by atoms with Crippen molar-refractivity contribution < 1.29 is 9.90 Å². The average Bonchev–Trinajstić information content (AvgIpc) is 2.67. The third-order valence-electron chi connectivity index (χ3n) is 5.32. The maximum atomic E-state index is 11.1. The van der Waals surface area contributed by atoms with E-state index in [9.17, 15) is 4.79 Å². The summed E-state index contributed by atoms with van der Waals surface area (Å²) in [4.78, 5) is 15.5. The Morgan fingerprint density at radius 2 is 2.11 bits per heavy atom. The van der Waals surface area contributed by atoms with Gasteiger partial charge in [0.1, 0.15) is 0 Å². The zero-order valence-corrected chi connectivity index (χ0v) is 16.8. The summed E-state index contributed by atoms with van der Waals surface area (Å²) < 4.78 is 0.971. The van der Waals surface area contributed by atoms with E-state index in [4.69, 9.17) is 5.11 Å². The molecule has 4 rings (SSSR count). The lowest BCUT2D eigenvalue weighted by Gasteiger charge is -2.37. The van der Waals surface area contributed by atoms with Gasteiger partial charge in [0, 0.05) is 22.5 Å². The third-order valence-corrected chi connectivity index (χ3v) is 5.82. The van der Waals surface area contributed by atoms with Crippen molar-refractivity contribution in [1.29, 1.82) is 0 Å². The lowest BCUT2D eigenvalue weighted by Crippen LogP contribution is -2.27. The van der Waals surface area contributed by atoms with Crippen LogP contribution >= 0.6 is 15.9 Å². The average molecular weight is 438 g/mol. The van der Waals surface area contributed by atoms with E-state index in [-0.39, 0.29) is 18.3 Å². The predicted octanol–water partition coefficient (Wildman–Crippen LogP) is 5.41. The highest BCUT2D eigenvalue weighted by Gasteiger charge is 2.34.